The minimum atomic E-state index is -0.963. The number of aryl methyl sites for hydroxylation is 1. The molecule has 0 saturated carbocycles. The molecule has 1 aliphatic carbocycles. The van der Waals surface area contributed by atoms with Gasteiger partial charge in [-0.1, -0.05) is 6.92 Å². The highest BCUT2D eigenvalue weighted by atomic mass is 32.1. The number of aliphatic carboxylic acids is 1. The highest BCUT2D eigenvalue weighted by Crippen LogP contribution is 2.39. The number of hydrogen-bond donors (Lipinski definition) is 2. The Morgan fingerprint density at radius 2 is 2.09 bits per heavy atom. The molecule has 0 saturated heterocycles. The number of amides is 2. The summed E-state index contributed by atoms with van der Waals surface area (Å²) in [5.41, 5.74) is 1.39. The van der Waals surface area contributed by atoms with E-state index < -0.39 is 23.9 Å². The zero-order valence-corrected chi connectivity index (χ0v) is 14.2. The van der Waals surface area contributed by atoms with Gasteiger partial charge in [0.2, 0.25) is 0 Å². The average molecular weight is 340 g/mol. The molecule has 1 aliphatic rings. The molecule has 1 atom stereocenters. The van der Waals surface area contributed by atoms with E-state index in [2.05, 4.69) is 5.32 Å². The SMILES string of the molecule is COC(=O)c1c(NC(=O)N(C)CC(C)C(=O)O)sc2c1CCC2. The number of anilines is 1. The van der Waals surface area contributed by atoms with Crippen molar-refractivity contribution in [3.63, 3.8) is 0 Å². The molecule has 23 heavy (non-hydrogen) atoms. The smallest absolute Gasteiger partial charge is 0.341 e. The Morgan fingerprint density at radius 3 is 2.70 bits per heavy atom. The third kappa shape index (κ3) is 3.64. The van der Waals surface area contributed by atoms with Crippen LogP contribution in [0.1, 0.15) is 34.1 Å². The topological polar surface area (TPSA) is 95.9 Å². The van der Waals surface area contributed by atoms with Crippen molar-refractivity contribution >= 4 is 34.3 Å². The monoisotopic (exact) mass is 340 g/mol. The average Bonchev–Trinajstić information content (AvgIpc) is 3.06. The molecular formula is C15H20N2O5S. The number of thiophene rings is 1. The van der Waals surface area contributed by atoms with E-state index in [0.29, 0.717) is 10.6 Å². The molecule has 0 bridgehead atoms. The normalized spacial score (nSPS) is 14.0. The number of nitrogens with one attached hydrogen (secondary N) is 1. The van der Waals surface area contributed by atoms with E-state index in [0.717, 1.165) is 29.7 Å². The van der Waals surface area contributed by atoms with Crippen molar-refractivity contribution in [2.45, 2.75) is 26.2 Å². The molecule has 2 rings (SSSR count). The van der Waals surface area contributed by atoms with Crippen molar-refractivity contribution < 1.29 is 24.2 Å². The first-order valence-electron chi connectivity index (χ1n) is 7.33. The quantitative estimate of drug-likeness (QED) is 0.801. The van der Waals surface area contributed by atoms with Crippen LogP contribution in [0.2, 0.25) is 0 Å². The molecule has 0 aliphatic heterocycles. The summed E-state index contributed by atoms with van der Waals surface area (Å²) in [5.74, 6) is -2.09. The lowest BCUT2D eigenvalue weighted by Gasteiger charge is -2.20. The maximum Gasteiger partial charge on any atom is 0.341 e. The number of carboxylic acids is 1. The minimum absolute atomic E-state index is 0.0831. The zero-order chi connectivity index (χ0) is 17.1. The molecule has 2 amide bonds. The van der Waals surface area contributed by atoms with Crippen LogP contribution in [0.3, 0.4) is 0 Å². The highest BCUT2D eigenvalue weighted by Gasteiger charge is 2.28. The van der Waals surface area contributed by atoms with E-state index in [4.69, 9.17) is 9.84 Å². The number of ether oxygens (including phenoxy) is 1. The largest absolute Gasteiger partial charge is 0.481 e. The van der Waals surface area contributed by atoms with Gasteiger partial charge in [0, 0.05) is 18.5 Å². The van der Waals surface area contributed by atoms with Crippen LogP contribution in [0.4, 0.5) is 9.80 Å². The zero-order valence-electron chi connectivity index (χ0n) is 13.3. The predicted octanol–water partition coefficient (Wildman–Crippen LogP) is 2.21. The number of rotatable bonds is 5. The van der Waals surface area contributed by atoms with E-state index in [1.807, 2.05) is 0 Å². The summed E-state index contributed by atoms with van der Waals surface area (Å²) in [6.45, 7) is 1.62. The lowest BCUT2D eigenvalue weighted by atomic mass is 10.1. The number of fused-ring (bicyclic) bond motifs is 1. The lowest BCUT2D eigenvalue weighted by Crippen LogP contribution is -2.36. The number of carbonyl (C=O) groups is 3. The third-order valence-corrected chi connectivity index (χ3v) is 5.05. The van der Waals surface area contributed by atoms with Crippen LogP contribution in [0.15, 0.2) is 0 Å². The third-order valence-electron chi connectivity index (χ3n) is 3.85. The first kappa shape index (κ1) is 17.3. The molecule has 1 aromatic rings. The first-order valence-corrected chi connectivity index (χ1v) is 8.14. The second-order valence-corrected chi connectivity index (χ2v) is 6.71. The molecule has 2 N–H and O–H groups in total. The molecular weight excluding hydrogens is 320 g/mol. The fraction of sp³-hybridized carbons (Fsp3) is 0.533. The van der Waals surface area contributed by atoms with Gasteiger partial charge in [-0.2, -0.15) is 0 Å². The van der Waals surface area contributed by atoms with Gasteiger partial charge in [0.25, 0.3) is 0 Å². The van der Waals surface area contributed by atoms with Gasteiger partial charge >= 0.3 is 18.0 Å². The number of urea groups is 1. The molecule has 126 valence electrons. The molecule has 0 spiro atoms. The minimum Gasteiger partial charge on any atom is -0.481 e. The standard InChI is InChI=1S/C15H20N2O5S/c1-8(13(18)19)7-17(2)15(21)16-12-11(14(20)22-3)9-5-4-6-10(9)23-12/h8H,4-7H2,1-3H3,(H,16,21)(H,18,19). The van der Waals surface area contributed by atoms with Gasteiger partial charge in [0.1, 0.15) is 5.00 Å². The maximum absolute atomic E-state index is 12.2. The Labute approximate surface area is 138 Å². The van der Waals surface area contributed by atoms with Gasteiger partial charge < -0.3 is 14.7 Å². The summed E-state index contributed by atoms with van der Waals surface area (Å²) in [7, 11) is 2.83. The van der Waals surface area contributed by atoms with E-state index in [-0.39, 0.29) is 6.54 Å². The van der Waals surface area contributed by atoms with E-state index in [9.17, 15) is 14.4 Å². The number of nitrogens with zero attached hydrogens (tertiary/aromatic N) is 1. The first-order chi connectivity index (χ1) is 10.8. The molecule has 1 aromatic heterocycles. The fourth-order valence-corrected chi connectivity index (χ4v) is 3.84. The fourth-order valence-electron chi connectivity index (χ4n) is 2.57. The number of carboxylic acid groups (broad SMARTS) is 1. The van der Waals surface area contributed by atoms with Crippen LogP contribution in [0, 0.1) is 5.92 Å². The van der Waals surface area contributed by atoms with Crippen LogP contribution < -0.4 is 5.32 Å². The van der Waals surface area contributed by atoms with Crippen LogP contribution in [-0.4, -0.2) is 48.7 Å². The van der Waals surface area contributed by atoms with Crippen LogP contribution in [0.5, 0.6) is 0 Å². The molecule has 1 unspecified atom stereocenters. The second kappa shape index (κ2) is 6.99. The van der Waals surface area contributed by atoms with Crippen molar-refractivity contribution in [1.82, 2.24) is 4.90 Å². The Bertz CT molecular complexity index is 640. The van der Waals surface area contributed by atoms with Crippen LogP contribution in [-0.2, 0) is 22.4 Å². The lowest BCUT2D eigenvalue weighted by molar-refractivity contribution is -0.141. The molecule has 0 fully saturated rings. The summed E-state index contributed by atoms with van der Waals surface area (Å²) in [5, 5.41) is 12.1. The summed E-state index contributed by atoms with van der Waals surface area (Å²) in [6.07, 6.45) is 2.69. The second-order valence-electron chi connectivity index (χ2n) is 5.60. The van der Waals surface area contributed by atoms with Crippen LogP contribution in [0.25, 0.3) is 0 Å². The van der Waals surface area contributed by atoms with Gasteiger partial charge in [-0.3, -0.25) is 10.1 Å². The number of hydrogen-bond acceptors (Lipinski definition) is 5. The summed E-state index contributed by atoms with van der Waals surface area (Å²) >= 11 is 1.39. The Balaban J connectivity index is 2.15. The molecule has 0 aromatic carbocycles. The van der Waals surface area contributed by atoms with Crippen molar-refractivity contribution in [3.05, 3.63) is 16.0 Å². The predicted molar refractivity (Wildman–Crippen MR) is 86.1 cm³/mol. The summed E-state index contributed by atoms with van der Waals surface area (Å²) in [4.78, 5) is 37.5. The van der Waals surface area contributed by atoms with E-state index >= 15 is 0 Å². The van der Waals surface area contributed by atoms with Gasteiger partial charge in [0.05, 0.1) is 18.6 Å². The van der Waals surface area contributed by atoms with Gasteiger partial charge in [-0.15, -0.1) is 11.3 Å². The number of carbonyl (C=O) groups excluding carboxylic acids is 2. The summed E-state index contributed by atoms with van der Waals surface area (Å²) in [6, 6.07) is -0.442. The van der Waals surface area contributed by atoms with Gasteiger partial charge in [-0.05, 0) is 24.8 Å². The van der Waals surface area contributed by atoms with Crippen molar-refractivity contribution in [2.24, 2.45) is 5.92 Å². The number of methoxy groups -OCH3 is 1. The van der Waals surface area contributed by atoms with Crippen molar-refractivity contribution in [3.8, 4) is 0 Å². The summed E-state index contributed by atoms with van der Waals surface area (Å²) < 4.78 is 4.82. The highest BCUT2D eigenvalue weighted by molar-refractivity contribution is 7.17. The van der Waals surface area contributed by atoms with Crippen LogP contribution >= 0.6 is 11.3 Å². The van der Waals surface area contributed by atoms with E-state index in [1.165, 1.54) is 37.3 Å². The maximum atomic E-state index is 12.2. The van der Waals surface area contributed by atoms with E-state index in [1.54, 1.807) is 0 Å². The molecule has 7 nitrogen and oxygen atoms in total. The Kier molecular flexibility index (Phi) is 5.25. The Morgan fingerprint density at radius 1 is 1.39 bits per heavy atom. The van der Waals surface area contributed by atoms with Gasteiger partial charge in [0.15, 0.2) is 0 Å². The molecule has 0 radical (unpaired) electrons. The van der Waals surface area contributed by atoms with Crippen molar-refractivity contribution in [2.75, 3.05) is 26.0 Å². The number of esters is 1. The molecule has 1 heterocycles. The molecule has 8 heteroatoms. The Hall–Kier alpha value is -2.09. The van der Waals surface area contributed by atoms with Crippen molar-refractivity contribution in [1.29, 1.82) is 0 Å². The van der Waals surface area contributed by atoms with Gasteiger partial charge in [-0.25, -0.2) is 9.59 Å².